The van der Waals surface area contributed by atoms with E-state index in [4.69, 9.17) is 28.4 Å². The molecular weight excluding hydrogens is 664 g/mol. The SMILES string of the molecule is C=CC(=O)OCCCCCOc1ccc(C(=O)OC2CCC(C3CCC(OC(=O)c4ccc(OCCCCCOC(=O)C=C)cc4)CC3)CC2)cc1. The first-order valence-electron chi connectivity index (χ1n) is 18.8. The van der Waals surface area contributed by atoms with Crippen LogP contribution in [0.1, 0.15) is 111 Å². The van der Waals surface area contributed by atoms with Crippen molar-refractivity contribution in [2.24, 2.45) is 11.8 Å². The first-order chi connectivity index (χ1) is 25.3. The second-order valence-corrected chi connectivity index (χ2v) is 13.5. The van der Waals surface area contributed by atoms with Gasteiger partial charge in [-0.15, -0.1) is 0 Å². The van der Waals surface area contributed by atoms with Crippen LogP contribution in [0.4, 0.5) is 0 Å². The van der Waals surface area contributed by atoms with Crippen molar-refractivity contribution in [2.45, 2.75) is 102 Å². The highest BCUT2D eigenvalue weighted by atomic mass is 16.6. The third-order valence-electron chi connectivity index (χ3n) is 9.77. The van der Waals surface area contributed by atoms with Gasteiger partial charge >= 0.3 is 23.9 Å². The molecule has 0 aliphatic heterocycles. The topological polar surface area (TPSA) is 124 Å². The fourth-order valence-corrected chi connectivity index (χ4v) is 6.77. The maximum Gasteiger partial charge on any atom is 0.338 e. The zero-order valence-corrected chi connectivity index (χ0v) is 30.3. The van der Waals surface area contributed by atoms with E-state index in [0.717, 1.165) is 102 Å². The predicted molar refractivity (Wildman–Crippen MR) is 196 cm³/mol. The standard InChI is InChI=1S/C42H54O10/c1-3-39(43)49-29-9-5-7-27-47-35-19-15-33(16-20-35)41(45)51-37-23-11-31(12-24-37)32-13-25-38(26-14-32)52-42(46)34-17-21-36(22-18-34)48-28-8-6-10-30-50-40(44)4-2/h3-4,15-22,31-32,37-38H,1-2,5-14,23-30H2. The Kier molecular flexibility index (Phi) is 17.3. The molecular formula is C42H54O10. The summed E-state index contributed by atoms with van der Waals surface area (Å²) < 4.78 is 33.2. The lowest BCUT2D eigenvalue weighted by molar-refractivity contribution is -0.138. The van der Waals surface area contributed by atoms with E-state index in [9.17, 15) is 19.2 Å². The molecule has 0 unspecified atom stereocenters. The molecule has 0 bridgehead atoms. The molecule has 0 heterocycles. The molecule has 0 spiro atoms. The van der Waals surface area contributed by atoms with Crippen molar-refractivity contribution in [2.75, 3.05) is 26.4 Å². The van der Waals surface area contributed by atoms with Crippen LogP contribution in [0.25, 0.3) is 0 Å². The molecule has 2 aliphatic rings. The number of carbonyl (C=O) groups is 4. The van der Waals surface area contributed by atoms with Crippen LogP contribution in [0.5, 0.6) is 11.5 Å². The maximum absolute atomic E-state index is 12.8. The van der Waals surface area contributed by atoms with E-state index in [1.165, 1.54) is 0 Å². The normalized spacial score (nSPS) is 19.8. The van der Waals surface area contributed by atoms with Gasteiger partial charge in [0.25, 0.3) is 0 Å². The highest BCUT2D eigenvalue weighted by molar-refractivity contribution is 5.90. The summed E-state index contributed by atoms with van der Waals surface area (Å²) in [5, 5.41) is 0. The Bertz CT molecular complexity index is 1310. The average Bonchev–Trinajstić information content (AvgIpc) is 3.18. The minimum absolute atomic E-state index is 0.0694. The lowest BCUT2D eigenvalue weighted by atomic mass is 9.72. The Labute approximate surface area is 307 Å². The lowest BCUT2D eigenvalue weighted by Crippen LogP contribution is -2.32. The third kappa shape index (κ3) is 14.2. The van der Waals surface area contributed by atoms with Gasteiger partial charge in [-0.25, -0.2) is 19.2 Å². The second kappa shape index (κ2) is 22.4. The van der Waals surface area contributed by atoms with Crippen LogP contribution in [0.15, 0.2) is 73.8 Å². The van der Waals surface area contributed by atoms with E-state index in [1.54, 1.807) is 48.5 Å². The van der Waals surface area contributed by atoms with Crippen molar-refractivity contribution >= 4 is 23.9 Å². The van der Waals surface area contributed by atoms with Crippen LogP contribution >= 0.6 is 0 Å². The highest BCUT2D eigenvalue weighted by Crippen LogP contribution is 2.40. The molecule has 0 radical (unpaired) electrons. The van der Waals surface area contributed by atoms with E-state index in [-0.39, 0.29) is 24.1 Å². The van der Waals surface area contributed by atoms with Gasteiger partial charge in [0.1, 0.15) is 23.7 Å². The molecule has 0 saturated heterocycles. The summed E-state index contributed by atoms with van der Waals surface area (Å²) in [6.45, 7) is 8.59. The van der Waals surface area contributed by atoms with Crippen LogP contribution in [-0.2, 0) is 28.5 Å². The van der Waals surface area contributed by atoms with Crippen molar-refractivity contribution in [1.29, 1.82) is 0 Å². The van der Waals surface area contributed by atoms with Gasteiger partial charge in [-0.2, -0.15) is 0 Å². The number of carbonyl (C=O) groups excluding carboxylic acids is 4. The van der Waals surface area contributed by atoms with Crippen molar-refractivity contribution < 1.29 is 47.6 Å². The average molecular weight is 719 g/mol. The third-order valence-corrected chi connectivity index (χ3v) is 9.77. The van der Waals surface area contributed by atoms with Crippen molar-refractivity contribution in [3.05, 3.63) is 85.0 Å². The first-order valence-corrected chi connectivity index (χ1v) is 18.8. The van der Waals surface area contributed by atoms with Gasteiger partial charge in [-0.3, -0.25) is 0 Å². The van der Waals surface area contributed by atoms with Gasteiger partial charge in [0.05, 0.1) is 37.6 Å². The largest absolute Gasteiger partial charge is 0.494 e. The van der Waals surface area contributed by atoms with Crippen LogP contribution in [0.2, 0.25) is 0 Å². The summed E-state index contributed by atoms with van der Waals surface area (Å²) in [5.74, 6) is 1.20. The molecule has 0 aromatic heterocycles. The summed E-state index contributed by atoms with van der Waals surface area (Å²) in [5.41, 5.74) is 1.04. The Morgan fingerprint density at radius 2 is 0.846 bits per heavy atom. The van der Waals surface area contributed by atoms with Crippen LogP contribution in [0, 0.1) is 11.8 Å². The van der Waals surface area contributed by atoms with E-state index >= 15 is 0 Å². The molecule has 52 heavy (non-hydrogen) atoms. The highest BCUT2D eigenvalue weighted by Gasteiger charge is 2.33. The molecule has 282 valence electrons. The van der Waals surface area contributed by atoms with Crippen LogP contribution in [0.3, 0.4) is 0 Å². The van der Waals surface area contributed by atoms with Crippen molar-refractivity contribution in [3.8, 4) is 11.5 Å². The number of ether oxygens (including phenoxy) is 6. The Morgan fingerprint density at radius 3 is 1.19 bits per heavy atom. The molecule has 2 fully saturated rings. The molecule has 0 atom stereocenters. The number of rotatable bonds is 21. The monoisotopic (exact) mass is 718 g/mol. The fraction of sp³-hybridized carbons (Fsp3) is 0.524. The quantitative estimate of drug-likeness (QED) is 0.0538. The number of esters is 4. The number of hydrogen-bond acceptors (Lipinski definition) is 10. The smallest absolute Gasteiger partial charge is 0.338 e. The molecule has 2 saturated carbocycles. The molecule has 10 nitrogen and oxygen atoms in total. The summed E-state index contributed by atoms with van der Waals surface area (Å²) in [4.78, 5) is 47.7. The summed E-state index contributed by atoms with van der Waals surface area (Å²) in [6, 6.07) is 14.1. The first kappa shape index (κ1) is 40.2. The molecule has 0 amide bonds. The molecule has 10 heteroatoms. The van der Waals surface area contributed by atoms with E-state index in [2.05, 4.69) is 13.2 Å². The van der Waals surface area contributed by atoms with E-state index in [0.29, 0.717) is 60.9 Å². The zero-order valence-electron chi connectivity index (χ0n) is 30.3. The Balaban J connectivity index is 1.05. The maximum atomic E-state index is 12.8. The Morgan fingerprint density at radius 1 is 0.500 bits per heavy atom. The predicted octanol–water partition coefficient (Wildman–Crippen LogP) is 8.37. The van der Waals surface area contributed by atoms with Gasteiger partial charge in [-0.05, 0) is 150 Å². The van der Waals surface area contributed by atoms with Crippen LogP contribution < -0.4 is 9.47 Å². The van der Waals surface area contributed by atoms with Gasteiger partial charge in [0, 0.05) is 12.2 Å². The van der Waals surface area contributed by atoms with Crippen molar-refractivity contribution in [3.63, 3.8) is 0 Å². The minimum Gasteiger partial charge on any atom is -0.494 e. The van der Waals surface area contributed by atoms with Gasteiger partial charge < -0.3 is 28.4 Å². The number of hydrogen-bond donors (Lipinski definition) is 0. The Hall–Kier alpha value is -4.60. The van der Waals surface area contributed by atoms with Crippen LogP contribution in [-0.4, -0.2) is 62.5 Å². The fourth-order valence-electron chi connectivity index (χ4n) is 6.77. The molecule has 2 aromatic rings. The lowest BCUT2D eigenvalue weighted by Gasteiger charge is -2.37. The molecule has 2 aliphatic carbocycles. The summed E-state index contributed by atoms with van der Waals surface area (Å²) in [6.07, 6.45) is 14.8. The minimum atomic E-state index is -0.404. The van der Waals surface area contributed by atoms with E-state index < -0.39 is 11.9 Å². The summed E-state index contributed by atoms with van der Waals surface area (Å²) in [7, 11) is 0. The van der Waals surface area contributed by atoms with Crippen molar-refractivity contribution in [1.82, 2.24) is 0 Å². The number of benzene rings is 2. The number of unbranched alkanes of at least 4 members (excludes halogenated alkanes) is 4. The molecule has 2 aromatic carbocycles. The second-order valence-electron chi connectivity index (χ2n) is 13.5. The molecule has 4 rings (SSSR count). The van der Waals surface area contributed by atoms with Gasteiger partial charge in [0.2, 0.25) is 0 Å². The van der Waals surface area contributed by atoms with Gasteiger partial charge in [0.15, 0.2) is 0 Å². The van der Waals surface area contributed by atoms with E-state index in [1.807, 2.05) is 0 Å². The van der Waals surface area contributed by atoms with Gasteiger partial charge in [-0.1, -0.05) is 13.2 Å². The molecule has 0 N–H and O–H groups in total. The summed E-state index contributed by atoms with van der Waals surface area (Å²) >= 11 is 0. The zero-order chi connectivity index (χ0) is 37.0.